The first-order valence-electron chi connectivity index (χ1n) is 4.82. The zero-order valence-electron chi connectivity index (χ0n) is 9.11. The summed E-state index contributed by atoms with van der Waals surface area (Å²) in [4.78, 5) is 15.1. The normalized spacial score (nSPS) is 12.9. The fourth-order valence-corrected chi connectivity index (χ4v) is 1.47. The molecule has 0 aromatic carbocycles. The summed E-state index contributed by atoms with van der Waals surface area (Å²) in [5, 5.41) is 2.82. The monoisotopic (exact) mass is 195 g/mol. The summed E-state index contributed by atoms with van der Waals surface area (Å²) in [6.07, 6.45) is 3.69. The lowest BCUT2D eigenvalue weighted by atomic mass is 10.3. The minimum Gasteiger partial charge on any atom is -0.347 e. The first-order valence-corrected chi connectivity index (χ1v) is 4.82. The maximum atomic E-state index is 10.9. The number of nitrogens with zero attached hydrogens (tertiary/aromatic N) is 2. The number of carbonyl (C=O) groups excluding carboxylic acids is 1. The van der Waals surface area contributed by atoms with Gasteiger partial charge >= 0.3 is 0 Å². The third-order valence-electron chi connectivity index (χ3n) is 2.06. The van der Waals surface area contributed by atoms with E-state index in [1.165, 1.54) is 6.92 Å². The lowest BCUT2D eigenvalue weighted by Crippen LogP contribution is -2.26. The van der Waals surface area contributed by atoms with Crippen LogP contribution in [0, 0.1) is 0 Å². The summed E-state index contributed by atoms with van der Waals surface area (Å²) in [7, 11) is 0. The van der Waals surface area contributed by atoms with E-state index >= 15 is 0 Å². The van der Waals surface area contributed by atoms with E-state index in [-0.39, 0.29) is 11.9 Å². The van der Waals surface area contributed by atoms with Crippen molar-refractivity contribution in [3.8, 4) is 0 Å². The Morgan fingerprint density at radius 3 is 2.64 bits per heavy atom. The van der Waals surface area contributed by atoms with Crippen molar-refractivity contribution in [2.75, 3.05) is 0 Å². The van der Waals surface area contributed by atoms with Gasteiger partial charge in [0.05, 0.1) is 6.04 Å². The Labute approximate surface area is 84.3 Å². The Hall–Kier alpha value is -1.32. The zero-order valence-corrected chi connectivity index (χ0v) is 9.11. The van der Waals surface area contributed by atoms with E-state index in [4.69, 9.17) is 0 Å². The molecule has 0 saturated heterocycles. The van der Waals surface area contributed by atoms with Crippen LogP contribution in [0.15, 0.2) is 12.4 Å². The molecule has 0 aliphatic carbocycles. The number of aromatic nitrogens is 2. The maximum absolute atomic E-state index is 10.9. The summed E-state index contributed by atoms with van der Waals surface area (Å²) in [6.45, 7) is 7.62. The van der Waals surface area contributed by atoms with Crippen molar-refractivity contribution in [2.24, 2.45) is 0 Å². The van der Waals surface area contributed by atoms with Crippen LogP contribution in [0.2, 0.25) is 0 Å². The molecule has 0 radical (unpaired) electrons. The number of imidazole rings is 1. The van der Waals surface area contributed by atoms with E-state index in [1.807, 2.05) is 13.1 Å². The summed E-state index contributed by atoms with van der Waals surface area (Å²) in [5.74, 6) is 0.867. The highest BCUT2D eigenvalue weighted by molar-refractivity contribution is 5.73. The van der Waals surface area contributed by atoms with Gasteiger partial charge in [-0.15, -0.1) is 0 Å². The molecule has 0 spiro atoms. The molecular weight excluding hydrogens is 178 g/mol. The van der Waals surface area contributed by atoms with E-state index in [2.05, 4.69) is 28.7 Å². The molecule has 1 aromatic rings. The first kappa shape index (κ1) is 10.8. The summed E-state index contributed by atoms with van der Waals surface area (Å²) < 4.78 is 2.06. The zero-order chi connectivity index (χ0) is 10.7. The Morgan fingerprint density at radius 2 is 2.14 bits per heavy atom. The number of hydrogen-bond donors (Lipinski definition) is 1. The van der Waals surface area contributed by atoms with Crippen molar-refractivity contribution < 1.29 is 4.79 Å². The van der Waals surface area contributed by atoms with Crippen LogP contribution >= 0.6 is 0 Å². The smallest absolute Gasteiger partial charge is 0.217 e. The highest BCUT2D eigenvalue weighted by Crippen LogP contribution is 2.14. The molecule has 1 unspecified atom stereocenters. The van der Waals surface area contributed by atoms with Gasteiger partial charge in [-0.25, -0.2) is 4.98 Å². The van der Waals surface area contributed by atoms with Gasteiger partial charge in [0.1, 0.15) is 5.82 Å². The second-order valence-corrected chi connectivity index (χ2v) is 3.71. The molecule has 78 valence electrons. The quantitative estimate of drug-likeness (QED) is 0.797. The molecule has 1 atom stereocenters. The number of amides is 1. The molecule has 0 aliphatic rings. The Bertz CT molecular complexity index is 317. The average Bonchev–Trinajstić information content (AvgIpc) is 2.49. The predicted molar refractivity (Wildman–Crippen MR) is 54.8 cm³/mol. The van der Waals surface area contributed by atoms with Crippen LogP contribution in [-0.4, -0.2) is 15.5 Å². The van der Waals surface area contributed by atoms with E-state index in [1.54, 1.807) is 6.20 Å². The second kappa shape index (κ2) is 4.26. The van der Waals surface area contributed by atoms with Gasteiger partial charge in [0.15, 0.2) is 0 Å². The summed E-state index contributed by atoms with van der Waals surface area (Å²) in [6, 6.07) is 0.327. The number of rotatable bonds is 3. The van der Waals surface area contributed by atoms with Gasteiger partial charge in [0.2, 0.25) is 5.91 Å². The lowest BCUT2D eigenvalue weighted by molar-refractivity contribution is -0.119. The van der Waals surface area contributed by atoms with E-state index in [0.717, 1.165) is 5.82 Å². The van der Waals surface area contributed by atoms with Crippen molar-refractivity contribution in [1.82, 2.24) is 14.9 Å². The standard InChI is InChI=1S/C10H17N3O/c1-7(2)13-6-5-11-10(13)8(3)12-9(4)14/h5-8H,1-4H3,(H,12,14). The van der Waals surface area contributed by atoms with Gasteiger partial charge < -0.3 is 9.88 Å². The van der Waals surface area contributed by atoms with Crippen LogP contribution in [0.25, 0.3) is 0 Å². The number of hydrogen-bond acceptors (Lipinski definition) is 2. The Kier molecular flexibility index (Phi) is 3.28. The average molecular weight is 195 g/mol. The van der Waals surface area contributed by atoms with Gasteiger partial charge in [-0.05, 0) is 20.8 Å². The Balaban J connectivity index is 2.83. The third-order valence-corrected chi connectivity index (χ3v) is 2.06. The van der Waals surface area contributed by atoms with Gasteiger partial charge in [-0.1, -0.05) is 0 Å². The van der Waals surface area contributed by atoms with E-state index in [0.29, 0.717) is 6.04 Å². The molecule has 1 aromatic heterocycles. The molecule has 0 bridgehead atoms. The third kappa shape index (κ3) is 2.34. The molecule has 1 N–H and O–H groups in total. The van der Waals surface area contributed by atoms with E-state index in [9.17, 15) is 4.79 Å². The molecule has 4 nitrogen and oxygen atoms in total. The van der Waals surface area contributed by atoms with Gasteiger partial charge in [0.25, 0.3) is 0 Å². The van der Waals surface area contributed by atoms with Crippen LogP contribution < -0.4 is 5.32 Å². The topological polar surface area (TPSA) is 46.9 Å². The first-order chi connectivity index (χ1) is 6.52. The molecule has 1 heterocycles. The molecular formula is C10H17N3O. The van der Waals surface area contributed by atoms with Crippen molar-refractivity contribution >= 4 is 5.91 Å². The Morgan fingerprint density at radius 1 is 1.50 bits per heavy atom. The van der Waals surface area contributed by atoms with Crippen LogP contribution in [0.4, 0.5) is 0 Å². The molecule has 0 fully saturated rings. The molecule has 14 heavy (non-hydrogen) atoms. The minimum atomic E-state index is -0.0371. The van der Waals surface area contributed by atoms with Crippen molar-refractivity contribution in [3.05, 3.63) is 18.2 Å². The predicted octanol–water partition coefficient (Wildman–Crippen LogP) is 1.66. The van der Waals surface area contributed by atoms with Crippen molar-refractivity contribution in [3.63, 3.8) is 0 Å². The molecule has 0 saturated carbocycles. The number of carbonyl (C=O) groups is 1. The minimum absolute atomic E-state index is 0.0317. The van der Waals surface area contributed by atoms with Gasteiger partial charge in [0, 0.05) is 25.4 Å². The van der Waals surface area contributed by atoms with Crippen LogP contribution in [0.1, 0.15) is 45.6 Å². The van der Waals surface area contributed by atoms with Crippen LogP contribution in [0.5, 0.6) is 0 Å². The van der Waals surface area contributed by atoms with Gasteiger partial charge in [-0.2, -0.15) is 0 Å². The SMILES string of the molecule is CC(=O)NC(C)c1nccn1C(C)C. The largest absolute Gasteiger partial charge is 0.347 e. The number of nitrogens with one attached hydrogen (secondary N) is 1. The summed E-state index contributed by atoms with van der Waals surface area (Å²) >= 11 is 0. The maximum Gasteiger partial charge on any atom is 0.217 e. The highest BCUT2D eigenvalue weighted by atomic mass is 16.1. The molecule has 1 rings (SSSR count). The van der Waals surface area contributed by atoms with Crippen LogP contribution in [-0.2, 0) is 4.79 Å². The highest BCUT2D eigenvalue weighted by Gasteiger charge is 2.13. The molecule has 0 aliphatic heterocycles. The summed E-state index contributed by atoms with van der Waals surface area (Å²) in [5.41, 5.74) is 0. The molecule has 1 amide bonds. The van der Waals surface area contributed by atoms with E-state index < -0.39 is 0 Å². The van der Waals surface area contributed by atoms with Crippen molar-refractivity contribution in [2.45, 2.75) is 39.8 Å². The fraction of sp³-hybridized carbons (Fsp3) is 0.600. The molecule has 4 heteroatoms. The lowest BCUT2D eigenvalue weighted by Gasteiger charge is -2.17. The van der Waals surface area contributed by atoms with Crippen molar-refractivity contribution in [1.29, 1.82) is 0 Å². The van der Waals surface area contributed by atoms with Gasteiger partial charge in [-0.3, -0.25) is 4.79 Å². The van der Waals surface area contributed by atoms with Crippen LogP contribution in [0.3, 0.4) is 0 Å². The fourth-order valence-electron chi connectivity index (χ4n) is 1.47. The second-order valence-electron chi connectivity index (χ2n) is 3.71.